The van der Waals surface area contributed by atoms with E-state index in [0.717, 1.165) is 5.39 Å². The Balaban J connectivity index is 2.84. The van der Waals surface area contributed by atoms with Gasteiger partial charge in [-0.25, -0.2) is 9.97 Å². The molecule has 13 heavy (non-hydrogen) atoms. The Kier molecular flexibility index (Phi) is 2.12. The van der Waals surface area contributed by atoms with Crippen LogP contribution in [0.2, 0.25) is 5.02 Å². The average Bonchev–Trinajstić information content (AvgIpc) is 2.18. The number of rotatable bonds is 1. The van der Waals surface area contributed by atoms with E-state index in [-0.39, 0.29) is 6.61 Å². The third-order valence-electron chi connectivity index (χ3n) is 1.86. The maximum Gasteiger partial charge on any atom is 0.159 e. The van der Waals surface area contributed by atoms with Crippen molar-refractivity contribution < 1.29 is 5.11 Å². The molecule has 0 fully saturated rings. The lowest BCUT2D eigenvalue weighted by molar-refractivity contribution is 0.283. The molecule has 2 heterocycles. The van der Waals surface area contributed by atoms with Crippen LogP contribution in [0.5, 0.6) is 0 Å². The molecule has 1 N–H and O–H groups in total. The Labute approximate surface area is 80.0 Å². The van der Waals surface area contributed by atoms with Gasteiger partial charge in [-0.1, -0.05) is 11.6 Å². The van der Waals surface area contributed by atoms with E-state index >= 15 is 0 Å². The highest BCUT2D eigenvalue weighted by Gasteiger charge is 2.05. The summed E-state index contributed by atoms with van der Waals surface area (Å²) in [6.45, 7) is -0.0937. The summed E-state index contributed by atoms with van der Waals surface area (Å²) in [5.74, 6) is 0. The zero-order chi connectivity index (χ0) is 9.26. The van der Waals surface area contributed by atoms with E-state index in [0.29, 0.717) is 16.2 Å². The van der Waals surface area contributed by atoms with Gasteiger partial charge in [0.25, 0.3) is 0 Å². The van der Waals surface area contributed by atoms with E-state index in [9.17, 15) is 0 Å². The van der Waals surface area contributed by atoms with Gasteiger partial charge >= 0.3 is 0 Å². The van der Waals surface area contributed by atoms with E-state index in [1.165, 1.54) is 6.20 Å². The van der Waals surface area contributed by atoms with Crippen LogP contribution in [0.4, 0.5) is 0 Å². The highest BCUT2D eigenvalue weighted by molar-refractivity contribution is 6.32. The molecule has 0 aliphatic carbocycles. The van der Waals surface area contributed by atoms with Crippen molar-refractivity contribution in [1.29, 1.82) is 0 Å². The molecule has 0 spiro atoms. The van der Waals surface area contributed by atoms with Crippen LogP contribution in [-0.2, 0) is 6.61 Å². The smallest absolute Gasteiger partial charge is 0.159 e. The Morgan fingerprint density at radius 3 is 3.00 bits per heavy atom. The average molecular weight is 195 g/mol. The fourth-order valence-corrected chi connectivity index (χ4v) is 1.43. The van der Waals surface area contributed by atoms with Gasteiger partial charge < -0.3 is 5.11 Å². The van der Waals surface area contributed by atoms with Gasteiger partial charge in [-0.3, -0.25) is 0 Å². The summed E-state index contributed by atoms with van der Waals surface area (Å²) < 4.78 is 0. The first kappa shape index (κ1) is 8.41. The number of halogens is 1. The minimum Gasteiger partial charge on any atom is -0.392 e. The first-order valence-corrected chi connectivity index (χ1v) is 4.19. The molecule has 2 rings (SSSR count). The molecule has 0 radical (unpaired) electrons. The van der Waals surface area contributed by atoms with Crippen LogP contribution in [0.3, 0.4) is 0 Å². The maximum atomic E-state index is 9.08. The number of hydrogen-bond donors (Lipinski definition) is 1. The Hall–Kier alpha value is -1.19. The molecule has 4 heteroatoms. The number of aromatic nitrogens is 2. The summed E-state index contributed by atoms with van der Waals surface area (Å²) in [5.41, 5.74) is 1.29. The molecule has 0 saturated carbocycles. The van der Waals surface area contributed by atoms with Crippen LogP contribution < -0.4 is 0 Å². The summed E-state index contributed by atoms with van der Waals surface area (Å²) >= 11 is 5.85. The van der Waals surface area contributed by atoms with Gasteiger partial charge in [0.2, 0.25) is 0 Å². The normalized spacial score (nSPS) is 10.6. The highest BCUT2D eigenvalue weighted by atomic mass is 35.5. The van der Waals surface area contributed by atoms with Crippen molar-refractivity contribution in [1.82, 2.24) is 9.97 Å². The van der Waals surface area contributed by atoms with Crippen LogP contribution in [-0.4, -0.2) is 15.1 Å². The fourth-order valence-electron chi connectivity index (χ4n) is 1.22. The predicted octanol–water partition coefficient (Wildman–Crippen LogP) is 1.78. The summed E-state index contributed by atoms with van der Waals surface area (Å²) in [7, 11) is 0. The molecule has 66 valence electrons. The zero-order valence-corrected chi connectivity index (χ0v) is 7.49. The molecule has 0 aromatic carbocycles. The molecule has 0 aliphatic rings. The molecule has 0 bridgehead atoms. The number of nitrogens with zero attached hydrogens (tertiary/aromatic N) is 2. The van der Waals surface area contributed by atoms with Crippen molar-refractivity contribution in [3.8, 4) is 0 Å². The summed E-state index contributed by atoms with van der Waals surface area (Å²) in [5, 5.41) is 10.4. The molecule has 0 amide bonds. The van der Waals surface area contributed by atoms with Crippen LogP contribution >= 0.6 is 11.6 Å². The van der Waals surface area contributed by atoms with E-state index in [4.69, 9.17) is 16.7 Å². The van der Waals surface area contributed by atoms with Crippen LogP contribution in [0, 0.1) is 0 Å². The number of aliphatic hydroxyl groups is 1. The van der Waals surface area contributed by atoms with E-state index in [2.05, 4.69) is 9.97 Å². The van der Waals surface area contributed by atoms with Crippen molar-refractivity contribution in [3.05, 3.63) is 35.1 Å². The number of hydrogen-bond acceptors (Lipinski definition) is 3. The topological polar surface area (TPSA) is 46.0 Å². The van der Waals surface area contributed by atoms with Crippen LogP contribution in [0.25, 0.3) is 11.0 Å². The molecular formula is C9H7ClN2O. The van der Waals surface area contributed by atoms with Gasteiger partial charge in [-0.05, 0) is 12.1 Å². The van der Waals surface area contributed by atoms with Crippen molar-refractivity contribution in [2.24, 2.45) is 0 Å². The number of aliphatic hydroxyl groups excluding tert-OH is 1. The van der Waals surface area contributed by atoms with Crippen LogP contribution in [0.15, 0.2) is 24.5 Å². The fraction of sp³-hybridized carbons (Fsp3) is 0.111. The summed E-state index contributed by atoms with van der Waals surface area (Å²) in [6, 6.07) is 3.63. The van der Waals surface area contributed by atoms with Crippen molar-refractivity contribution in [2.45, 2.75) is 6.61 Å². The number of fused-ring (bicyclic) bond motifs is 1. The Morgan fingerprint density at radius 1 is 1.38 bits per heavy atom. The third kappa shape index (κ3) is 1.36. The predicted molar refractivity (Wildman–Crippen MR) is 50.5 cm³/mol. The second-order valence-electron chi connectivity index (χ2n) is 2.62. The minimum atomic E-state index is -0.0937. The van der Waals surface area contributed by atoms with Gasteiger partial charge in [-0.2, -0.15) is 0 Å². The Bertz CT molecular complexity index is 445. The third-order valence-corrected chi connectivity index (χ3v) is 2.18. The van der Waals surface area contributed by atoms with Crippen molar-refractivity contribution >= 4 is 22.6 Å². The van der Waals surface area contributed by atoms with Gasteiger partial charge in [0.1, 0.15) is 0 Å². The van der Waals surface area contributed by atoms with E-state index in [1.54, 1.807) is 12.3 Å². The largest absolute Gasteiger partial charge is 0.392 e. The molecule has 2 aromatic rings. The molecule has 0 atom stereocenters. The lowest BCUT2D eigenvalue weighted by Gasteiger charge is -2.03. The standard InChI is InChI=1S/C9H7ClN2O/c10-8-4-12-9-6(7(8)5-13)2-1-3-11-9/h1-4,13H,5H2. The quantitative estimate of drug-likeness (QED) is 0.753. The van der Waals surface area contributed by atoms with Crippen molar-refractivity contribution in [3.63, 3.8) is 0 Å². The van der Waals surface area contributed by atoms with Gasteiger partial charge in [0.15, 0.2) is 5.65 Å². The SMILES string of the molecule is OCc1c(Cl)cnc2ncccc12. The second kappa shape index (κ2) is 3.28. The molecule has 0 aliphatic heterocycles. The van der Waals surface area contributed by atoms with Crippen molar-refractivity contribution in [2.75, 3.05) is 0 Å². The molecular weight excluding hydrogens is 188 g/mol. The van der Waals surface area contributed by atoms with E-state index < -0.39 is 0 Å². The molecule has 0 saturated heterocycles. The second-order valence-corrected chi connectivity index (χ2v) is 3.02. The molecule has 3 nitrogen and oxygen atoms in total. The van der Waals surface area contributed by atoms with Gasteiger partial charge in [-0.15, -0.1) is 0 Å². The monoisotopic (exact) mass is 194 g/mol. The zero-order valence-electron chi connectivity index (χ0n) is 6.74. The van der Waals surface area contributed by atoms with Gasteiger partial charge in [0, 0.05) is 23.3 Å². The number of pyridine rings is 2. The highest BCUT2D eigenvalue weighted by Crippen LogP contribution is 2.22. The summed E-state index contributed by atoms with van der Waals surface area (Å²) in [6.07, 6.45) is 3.16. The van der Waals surface area contributed by atoms with Gasteiger partial charge in [0.05, 0.1) is 11.6 Å². The minimum absolute atomic E-state index is 0.0937. The first-order valence-electron chi connectivity index (χ1n) is 3.82. The first-order chi connectivity index (χ1) is 6.33. The lowest BCUT2D eigenvalue weighted by atomic mass is 10.2. The van der Waals surface area contributed by atoms with Crippen LogP contribution in [0.1, 0.15) is 5.56 Å². The maximum absolute atomic E-state index is 9.08. The summed E-state index contributed by atoms with van der Waals surface area (Å²) in [4.78, 5) is 8.09. The molecule has 0 unspecified atom stereocenters. The molecule has 2 aromatic heterocycles. The van der Waals surface area contributed by atoms with E-state index in [1.807, 2.05) is 6.07 Å². The lowest BCUT2D eigenvalue weighted by Crippen LogP contribution is -1.91. The Morgan fingerprint density at radius 2 is 2.23 bits per heavy atom.